The van der Waals surface area contributed by atoms with E-state index in [0.717, 1.165) is 23.8 Å². The van der Waals surface area contributed by atoms with Crippen LogP contribution in [0.1, 0.15) is 0 Å². The van der Waals surface area contributed by atoms with Crippen molar-refractivity contribution in [3.05, 3.63) is 121 Å². The Bertz CT molecular complexity index is 1660. The fourth-order valence-corrected chi connectivity index (χ4v) is 12.8. The molecular weight excluding hydrogens is 738 g/mol. The Morgan fingerprint density at radius 3 is 0.638 bits per heavy atom. The van der Waals surface area contributed by atoms with Crippen LogP contribution in [-0.2, 0) is 0 Å². The van der Waals surface area contributed by atoms with E-state index in [1.54, 1.807) is 0 Å². The van der Waals surface area contributed by atoms with Gasteiger partial charge < -0.3 is 19.6 Å². The summed E-state index contributed by atoms with van der Waals surface area (Å²) >= 11 is 0. The Hall–Kier alpha value is -5.55. The van der Waals surface area contributed by atoms with Crippen LogP contribution in [0, 0.1) is 0 Å². The van der Waals surface area contributed by atoms with Gasteiger partial charge >= 0.3 is 7.87 Å². The highest BCUT2D eigenvalue weighted by molar-refractivity contribution is 7.69. The van der Waals surface area contributed by atoms with Crippen molar-refractivity contribution in [2.24, 2.45) is 20.0 Å². The first kappa shape index (κ1) is 46.8. The number of guanidine groups is 4. The number of benzene rings is 4. The van der Waals surface area contributed by atoms with Gasteiger partial charge in [-0.05, 0) is 0 Å². The zero-order valence-electron chi connectivity index (χ0n) is 37.9. The van der Waals surface area contributed by atoms with Crippen LogP contribution in [0.25, 0.3) is 0 Å². The zero-order chi connectivity index (χ0) is 43.2. The first-order valence-electron chi connectivity index (χ1n) is 19.4. The third kappa shape index (κ3) is 9.42. The van der Waals surface area contributed by atoms with E-state index in [1.165, 1.54) is 21.9 Å². The van der Waals surface area contributed by atoms with E-state index < -0.39 is 14.0 Å². The molecule has 0 bridgehead atoms. The van der Waals surface area contributed by atoms with Crippen LogP contribution in [0.5, 0.6) is 0 Å². The molecule has 0 aliphatic carbocycles. The smallest absolute Gasteiger partial charge is 0.346 e. The molecule has 0 aromatic heterocycles. The Labute approximate surface area is 351 Å². The zero-order valence-corrected chi connectivity index (χ0v) is 38.8. The molecule has 0 N–H and O–H groups in total. The summed E-state index contributed by atoms with van der Waals surface area (Å²) in [4.78, 5) is 26.6. The highest BCUT2D eigenvalue weighted by Crippen LogP contribution is 2.68. The molecule has 0 aliphatic heterocycles. The summed E-state index contributed by atoms with van der Waals surface area (Å²) in [5.41, 5.74) is 5.36. The molecule has 4 rings (SSSR count). The molecular formula is C44H68BN12P. The predicted molar refractivity (Wildman–Crippen MR) is 256 cm³/mol. The van der Waals surface area contributed by atoms with E-state index in [9.17, 15) is 0 Å². The van der Waals surface area contributed by atoms with Crippen molar-refractivity contribution in [3.63, 3.8) is 0 Å². The fraction of sp³-hybridized carbons (Fsp3) is 0.364. The number of rotatable bonds is 8. The summed E-state index contributed by atoms with van der Waals surface area (Å²) in [6.45, 7) is 0. The van der Waals surface area contributed by atoms with Crippen molar-refractivity contribution < 1.29 is 0 Å². The molecule has 58 heavy (non-hydrogen) atoms. The molecule has 12 nitrogen and oxygen atoms in total. The lowest BCUT2D eigenvalue weighted by atomic mass is 9.13. The maximum Gasteiger partial charge on any atom is 0.415 e. The lowest BCUT2D eigenvalue weighted by molar-refractivity contribution is 0.409. The van der Waals surface area contributed by atoms with Crippen molar-refractivity contribution in [1.82, 2.24) is 38.3 Å². The van der Waals surface area contributed by atoms with Gasteiger partial charge in [-0.1, -0.05) is 121 Å². The minimum atomic E-state index is -2.72. The standard InChI is InChI=1S/C24H20B.C20H48N12P/c1-5-13-21(14-6-1)25(22-15-7-2-8-16-22,23-17-9-3-10-18-23)24-19-11-4-12-20-24;1-21-17(25(5)6)29(13)33(30(14)18(22-2)26(7)8,31(15)19(23-3)27(9)10)32(16)20(24-4)28(11)12/h1-20H;1-16H3/q-1;+1/b;21-17+,22-18+,23-19+,24-20+. The van der Waals surface area contributed by atoms with E-state index in [1.807, 2.05) is 104 Å². The Morgan fingerprint density at radius 2 is 0.500 bits per heavy atom. The second-order valence-corrected chi connectivity index (χ2v) is 18.3. The maximum atomic E-state index is 4.65. The summed E-state index contributed by atoms with van der Waals surface area (Å²) in [5, 5.41) is 0. The highest BCUT2D eigenvalue weighted by atomic mass is 31.2. The normalized spacial score (nSPS) is 12.6. The third-order valence-electron chi connectivity index (χ3n) is 10.4. The molecule has 0 heterocycles. The summed E-state index contributed by atoms with van der Waals surface area (Å²) in [7, 11) is 28.7. The van der Waals surface area contributed by atoms with Crippen molar-refractivity contribution in [2.75, 3.05) is 113 Å². The lowest BCUT2D eigenvalue weighted by Crippen LogP contribution is -2.74. The van der Waals surface area contributed by atoms with Crippen LogP contribution in [-0.4, -0.2) is 181 Å². The molecule has 0 amide bonds. The van der Waals surface area contributed by atoms with E-state index >= 15 is 0 Å². The average molecular weight is 807 g/mol. The predicted octanol–water partition coefficient (Wildman–Crippen LogP) is 3.64. The van der Waals surface area contributed by atoms with Gasteiger partial charge in [-0.25, -0.2) is 0 Å². The molecule has 0 radical (unpaired) electrons. The SMILES string of the molecule is C/N=C(\N(C)C)N(C)[P+](N(C)/C(=N/C)N(C)C)(N(C)/C(=N/C)N(C)C)N(C)/C(=N/C)N(C)C.c1ccc([B-](c2ccccc2)(c2ccccc2)c2ccccc2)cc1. The van der Waals surface area contributed by atoms with Gasteiger partial charge in [0.1, 0.15) is 6.15 Å². The minimum absolute atomic E-state index is 0.812. The van der Waals surface area contributed by atoms with Crippen LogP contribution < -0.4 is 21.9 Å². The first-order chi connectivity index (χ1) is 27.6. The van der Waals surface area contributed by atoms with Crippen LogP contribution in [0.4, 0.5) is 0 Å². The van der Waals surface area contributed by atoms with Crippen molar-refractivity contribution in [2.45, 2.75) is 0 Å². The lowest BCUT2D eigenvalue weighted by Gasteiger charge is -2.50. The Kier molecular flexibility index (Phi) is 17.2. The van der Waals surface area contributed by atoms with E-state index in [4.69, 9.17) is 0 Å². The number of aliphatic imine (C=N–C) groups is 4. The molecule has 0 spiro atoms. The van der Waals surface area contributed by atoms with Crippen molar-refractivity contribution in [3.8, 4) is 0 Å². The van der Waals surface area contributed by atoms with Gasteiger partial charge in [-0.3, -0.25) is 20.0 Å². The molecule has 312 valence electrons. The van der Waals surface area contributed by atoms with Gasteiger partial charge in [-0.15, -0.1) is 0 Å². The van der Waals surface area contributed by atoms with Gasteiger partial charge in [-0.2, -0.15) is 40.5 Å². The highest BCUT2D eigenvalue weighted by Gasteiger charge is 2.64. The minimum Gasteiger partial charge on any atom is -0.346 e. The molecule has 0 atom stereocenters. The topological polar surface area (TPSA) is 75.4 Å². The summed E-state index contributed by atoms with van der Waals surface area (Å²) < 4.78 is 8.85. The molecule has 4 aromatic rings. The number of hydrogen-bond acceptors (Lipinski definition) is 4. The summed E-state index contributed by atoms with van der Waals surface area (Å²) in [5.74, 6) is 3.25. The van der Waals surface area contributed by atoms with Gasteiger partial charge in [0.05, 0.1) is 28.2 Å². The first-order valence-corrected chi connectivity index (χ1v) is 21.0. The molecule has 4 aromatic carbocycles. The number of nitrogens with zero attached hydrogens (tertiary/aromatic N) is 12. The molecule has 0 fully saturated rings. The van der Waals surface area contributed by atoms with Crippen LogP contribution in [0.15, 0.2) is 141 Å². The van der Waals surface area contributed by atoms with Gasteiger partial charge in [0.2, 0.25) is 23.8 Å². The fourth-order valence-electron chi connectivity index (χ4n) is 8.35. The Balaban J connectivity index is 0.000000319. The van der Waals surface area contributed by atoms with Crippen LogP contribution >= 0.6 is 7.87 Å². The monoisotopic (exact) mass is 807 g/mol. The third-order valence-corrected chi connectivity index (χ3v) is 14.3. The molecule has 14 heteroatoms. The van der Waals surface area contributed by atoms with Crippen LogP contribution in [0.3, 0.4) is 0 Å². The summed E-state index contributed by atoms with van der Waals surface area (Å²) in [6.07, 6.45) is -1.22. The van der Waals surface area contributed by atoms with Crippen molar-refractivity contribution in [1.29, 1.82) is 0 Å². The van der Waals surface area contributed by atoms with E-state index in [-0.39, 0.29) is 0 Å². The van der Waals surface area contributed by atoms with Gasteiger partial charge in [0.15, 0.2) is 0 Å². The summed E-state index contributed by atoms with van der Waals surface area (Å²) in [6, 6.07) is 43.5. The quantitative estimate of drug-likeness (QED) is 0.116. The van der Waals surface area contributed by atoms with Crippen LogP contribution in [0.2, 0.25) is 0 Å². The molecule has 0 saturated heterocycles. The Morgan fingerprint density at radius 1 is 0.328 bits per heavy atom. The van der Waals surface area contributed by atoms with E-state index in [0.29, 0.717) is 0 Å². The number of hydrogen-bond donors (Lipinski definition) is 0. The van der Waals surface area contributed by atoms with E-state index in [2.05, 4.69) is 188 Å². The second-order valence-electron chi connectivity index (χ2n) is 14.8. The van der Waals surface area contributed by atoms with Crippen molar-refractivity contribution >= 4 is 59.7 Å². The average Bonchev–Trinajstić information content (AvgIpc) is 3.21. The van der Waals surface area contributed by atoms with Gasteiger partial charge in [0, 0.05) is 84.6 Å². The second kappa shape index (κ2) is 21.3. The maximum absolute atomic E-state index is 4.65. The molecule has 0 saturated carbocycles. The van der Waals surface area contributed by atoms with Gasteiger partial charge in [0.25, 0.3) is 0 Å². The molecule has 0 aliphatic rings. The molecule has 0 unspecified atom stereocenters. The largest absolute Gasteiger partial charge is 0.415 e.